The third-order valence-electron chi connectivity index (χ3n) is 4.90. The van der Waals surface area contributed by atoms with Crippen molar-refractivity contribution in [1.82, 2.24) is 15.5 Å². The summed E-state index contributed by atoms with van der Waals surface area (Å²) in [4.78, 5) is 60.8. The fourth-order valence-corrected chi connectivity index (χ4v) is 3.16. The van der Waals surface area contributed by atoms with E-state index in [9.17, 15) is 34.2 Å². The quantitative estimate of drug-likeness (QED) is 0.203. The number of aliphatic carboxylic acids is 1. The number of hydrogen-bond acceptors (Lipinski definition) is 7. The van der Waals surface area contributed by atoms with E-state index in [2.05, 4.69) is 10.6 Å². The molecule has 0 spiro atoms. The Bertz CT molecular complexity index is 669. The summed E-state index contributed by atoms with van der Waals surface area (Å²) >= 11 is 0. The molecular formula is C18H31N5O7. The normalized spacial score (nSPS) is 19.1. The Morgan fingerprint density at radius 3 is 2.27 bits per heavy atom. The number of hydrogen-bond donors (Lipinski definition) is 6. The second kappa shape index (κ2) is 11.5. The van der Waals surface area contributed by atoms with Crippen molar-refractivity contribution in [2.45, 2.75) is 63.7 Å². The molecule has 170 valence electrons. The topological polar surface area (TPSA) is 205 Å². The molecule has 0 aromatic rings. The highest BCUT2D eigenvalue weighted by atomic mass is 16.4. The van der Waals surface area contributed by atoms with E-state index in [-0.39, 0.29) is 25.3 Å². The molecule has 1 aliphatic rings. The van der Waals surface area contributed by atoms with Gasteiger partial charge in [0.15, 0.2) is 0 Å². The van der Waals surface area contributed by atoms with Crippen LogP contribution in [0.1, 0.15) is 39.5 Å². The number of primary amides is 1. The van der Waals surface area contributed by atoms with Crippen molar-refractivity contribution in [3.05, 3.63) is 0 Å². The van der Waals surface area contributed by atoms with Crippen LogP contribution < -0.4 is 22.1 Å². The highest BCUT2D eigenvalue weighted by Crippen LogP contribution is 2.18. The van der Waals surface area contributed by atoms with Crippen LogP contribution in [-0.2, 0) is 24.0 Å². The minimum absolute atomic E-state index is 0.0108. The van der Waals surface area contributed by atoms with E-state index in [0.717, 1.165) is 4.90 Å². The number of carboxylic acid groups (broad SMARTS) is 1. The van der Waals surface area contributed by atoms with E-state index >= 15 is 0 Å². The number of carbonyl (C=O) groups is 5. The zero-order valence-corrected chi connectivity index (χ0v) is 17.2. The first-order valence-corrected chi connectivity index (χ1v) is 9.78. The maximum atomic E-state index is 12.7. The zero-order chi connectivity index (χ0) is 23.0. The van der Waals surface area contributed by atoms with Crippen molar-refractivity contribution in [1.29, 1.82) is 0 Å². The molecule has 8 N–H and O–H groups in total. The van der Waals surface area contributed by atoms with Gasteiger partial charge in [0.05, 0.1) is 12.6 Å². The number of carbonyl (C=O) groups excluding carboxylic acids is 4. The third kappa shape index (κ3) is 6.95. The van der Waals surface area contributed by atoms with Gasteiger partial charge in [0.1, 0.15) is 18.1 Å². The van der Waals surface area contributed by atoms with E-state index in [1.807, 2.05) is 0 Å². The Labute approximate surface area is 174 Å². The number of carboxylic acids is 1. The Hall–Kier alpha value is -2.73. The number of aliphatic hydroxyl groups is 1. The predicted molar refractivity (Wildman–Crippen MR) is 105 cm³/mol. The molecule has 1 aliphatic heterocycles. The molecular weight excluding hydrogens is 398 g/mol. The average molecular weight is 429 g/mol. The van der Waals surface area contributed by atoms with Crippen molar-refractivity contribution in [2.24, 2.45) is 17.4 Å². The molecule has 12 heteroatoms. The maximum absolute atomic E-state index is 12.7. The van der Waals surface area contributed by atoms with Crippen molar-refractivity contribution in [3.8, 4) is 0 Å². The van der Waals surface area contributed by atoms with Crippen LogP contribution in [0.15, 0.2) is 0 Å². The van der Waals surface area contributed by atoms with Crippen molar-refractivity contribution >= 4 is 29.6 Å². The number of nitrogens with two attached hydrogens (primary N) is 2. The molecule has 0 aliphatic carbocycles. The Morgan fingerprint density at radius 2 is 1.77 bits per heavy atom. The molecule has 30 heavy (non-hydrogen) atoms. The molecule has 0 radical (unpaired) electrons. The molecule has 1 heterocycles. The first-order valence-electron chi connectivity index (χ1n) is 9.78. The summed E-state index contributed by atoms with van der Waals surface area (Å²) in [6, 6.07) is -4.47. The first-order chi connectivity index (χ1) is 14.0. The van der Waals surface area contributed by atoms with Crippen LogP contribution in [0.2, 0.25) is 0 Å². The largest absolute Gasteiger partial charge is 0.480 e. The minimum Gasteiger partial charge on any atom is -0.480 e. The SMILES string of the molecule is CC(C)C(NC(=O)C(N)CCC(N)=O)C(=O)NC(CO)C(=O)N1CCCC1C(=O)O. The number of rotatable bonds is 11. The summed E-state index contributed by atoms with van der Waals surface area (Å²) in [6.07, 6.45) is 0.718. The predicted octanol–water partition coefficient (Wildman–Crippen LogP) is -2.73. The highest BCUT2D eigenvalue weighted by Gasteiger charge is 2.38. The fraction of sp³-hybridized carbons (Fsp3) is 0.722. The lowest BCUT2D eigenvalue weighted by molar-refractivity contribution is -0.150. The monoisotopic (exact) mass is 429 g/mol. The second-order valence-corrected chi connectivity index (χ2v) is 7.61. The summed E-state index contributed by atoms with van der Waals surface area (Å²) < 4.78 is 0. The molecule has 0 aromatic heterocycles. The van der Waals surface area contributed by atoms with Gasteiger partial charge in [0, 0.05) is 13.0 Å². The first kappa shape index (κ1) is 25.3. The molecule has 1 fully saturated rings. The van der Waals surface area contributed by atoms with E-state index in [1.165, 1.54) is 0 Å². The molecule has 4 unspecified atom stereocenters. The van der Waals surface area contributed by atoms with Crippen molar-refractivity contribution < 1.29 is 34.2 Å². The van der Waals surface area contributed by atoms with Gasteiger partial charge in [-0.25, -0.2) is 4.79 Å². The number of aliphatic hydroxyl groups excluding tert-OH is 1. The summed E-state index contributed by atoms with van der Waals surface area (Å²) in [7, 11) is 0. The lowest BCUT2D eigenvalue weighted by atomic mass is 10.0. The van der Waals surface area contributed by atoms with Crippen LogP contribution in [0.5, 0.6) is 0 Å². The second-order valence-electron chi connectivity index (χ2n) is 7.61. The van der Waals surface area contributed by atoms with Crippen LogP contribution in [0.25, 0.3) is 0 Å². The summed E-state index contributed by atoms with van der Waals surface area (Å²) in [5.41, 5.74) is 10.7. The Kier molecular flexibility index (Phi) is 9.66. The molecule has 4 atom stereocenters. The molecule has 0 aromatic carbocycles. The molecule has 1 rings (SSSR count). The van der Waals surface area contributed by atoms with Gasteiger partial charge in [-0.15, -0.1) is 0 Å². The standard InChI is InChI=1S/C18H31N5O7/c1-9(2)14(22-15(26)10(19)5-6-13(20)25)16(27)21-11(8-24)17(28)23-7-3-4-12(23)18(29)30/h9-12,14,24H,3-8,19H2,1-2H3,(H2,20,25)(H,21,27)(H,22,26)(H,29,30). The molecule has 1 saturated heterocycles. The highest BCUT2D eigenvalue weighted by molar-refractivity contribution is 5.94. The van der Waals surface area contributed by atoms with Crippen LogP contribution in [-0.4, -0.2) is 82.0 Å². The van der Waals surface area contributed by atoms with Gasteiger partial charge in [0.2, 0.25) is 23.6 Å². The zero-order valence-electron chi connectivity index (χ0n) is 17.2. The average Bonchev–Trinajstić information content (AvgIpc) is 3.17. The Morgan fingerprint density at radius 1 is 1.13 bits per heavy atom. The molecule has 0 saturated carbocycles. The van der Waals surface area contributed by atoms with Crippen LogP contribution in [0, 0.1) is 5.92 Å². The van der Waals surface area contributed by atoms with Gasteiger partial charge >= 0.3 is 5.97 Å². The lowest BCUT2D eigenvalue weighted by Gasteiger charge is -2.29. The number of likely N-dealkylation sites (tertiary alicyclic amines) is 1. The van der Waals surface area contributed by atoms with Crippen molar-refractivity contribution in [3.63, 3.8) is 0 Å². The van der Waals surface area contributed by atoms with Gasteiger partial charge < -0.3 is 37.2 Å². The molecule has 4 amide bonds. The number of nitrogens with one attached hydrogen (secondary N) is 2. The van der Waals surface area contributed by atoms with E-state index in [0.29, 0.717) is 12.8 Å². The van der Waals surface area contributed by atoms with E-state index in [1.54, 1.807) is 13.8 Å². The third-order valence-corrected chi connectivity index (χ3v) is 4.90. The van der Waals surface area contributed by atoms with Gasteiger partial charge in [0.25, 0.3) is 0 Å². The van der Waals surface area contributed by atoms with Gasteiger partial charge in [-0.2, -0.15) is 0 Å². The van der Waals surface area contributed by atoms with E-state index in [4.69, 9.17) is 11.5 Å². The molecule has 0 bridgehead atoms. The van der Waals surface area contributed by atoms with E-state index < -0.39 is 60.4 Å². The van der Waals surface area contributed by atoms with Crippen molar-refractivity contribution in [2.75, 3.05) is 13.2 Å². The number of nitrogens with zero attached hydrogens (tertiary/aromatic N) is 1. The summed E-state index contributed by atoms with van der Waals surface area (Å²) in [6.45, 7) is 2.80. The van der Waals surface area contributed by atoms with Crippen LogP contribution >= 0.6 is 0 Å². The fourth-order valence-electron chi connectivity index (χ4n) is 3.16. The van der Waals surface area contributed by atoms with Gasteiger partial charge in [-0.1, -0.05) is 13.8 Å². The lowest BCUT2D eigenvalue weighted by Crippen LogP contribution is -2.59. The number of amides is 4. The van der Waals surface area contributed by atoms with Crippen LogP contribution in [0.3, 0.4) is 0 Å². The van der Waals surface area contributed by atoms with Gasteiger partial charge in [-0.3, -0.25) is 19.2 Å². The smallest absolute Gasteiger partial charge is 0.326 e. The molecule has 12 nitrogen and oxygen atoms in total. The summed E-state index contributed by atoms with van der Waals surface area (Å²) in [5.74, 6) is -4.24. The van der Waals surface area contributed by atoms with Gasteiger partial charge in [-0.05, 0) is 25.2 Å². The summed E-state index contributed by atoms with van der Waals surface area (Å²) in [5, 5.41) is 23.7. The maximum Gasteiger partial charge on any atom is 0.326 e. The minimum atomic E-state index is -1.35. The van der Waals surface area contributed by atoms with Crippen LogP contribution in [0.4, 0.5) is 0 Å². The Balaban J connectivity index is 2.80.